The van der Waals surface area contributed by atoms with Gasteiger partial charge in [0, 0.05) is 12.6 Å². The standard InChI is InChI=1S/C16H14ClFN6O3/c17-13-10-23(9-11-2-1-3-12(18)8-11)21-16(13)19-15(25)5-7-22-6-4-14(20-22)24(26)27/h1-4,6,8,10H,5,7,9H2,(H,19,21,25). The summed E-state index contributed by atoms with van der Waals surface area (Å²) in [5, 5.41) is 21.3. The molecule has 140 valence electrons. The minimum absolute atomic E-state index is 0.0337. The Morgan fingerprint density at radius 3 is 2.81 bits per heavy atom. The molecule has 11 heteroatoms. The van der Waals surface area contributed by atoms with Crippen molar-refractivity contribution in [1.29, 1.82) is 0 Å². The van der Waals surface area contributed by atoms with Crippen molar-refractivity contribution in [1.82, 2.24) is 19.6 Å². The van der Waals surface area contributed by atoms with Gasteiger partial charge in [0.1, 0.15) is 10.8 Å². The molecule has 0 saturated carbocycles. The molecule has 3 aromatic rings. The lowest BCUT2D eigenvalue weighted by Gasteiger charge is -2.03. The van der Waals surface area contributed by atoms with Crippen LogP contribution < -0.4 is 5.32 Å². The van der Waals surface area contributed by atoms with Gasteiger partial charge in [-0.1, -0.05) is 23.7 Å². The monoisotopic (exact) mass is 392 g/mol. The molecular weight excluding hydrogens is 379 g/mol. The molecule has 0 aliphatic heterocycles. The van der Waals surface area contributed by atoms with Crippen LogP contribution in [0.2, 0.25) is 5.02 Å². The third kappa shape index (κ3) is 4.88. The molecule has 0 spiro atoms. The molecule has 1 aromatic carbocycles. The zero-order valence-electron chi connectivity index (χ0n) is 13.9. The number of nitrogens with one attached hydrogen (secondary N) is 1. The zero-order chi connectivity index (χ0) is 19.4. The number of carbonyl (C=O) groups is 1. The summed E-state index contributed by atoms with van der Waals surface area (Å²) in [6.07, 6.45) is 2.98. The highest BCUT2D eigenvalue weighted by atomic mass is 35.5. The molecule has 1 N–H and O–H groups in total. The van der Waals surface area contributed by atoms with Gasteiger partial charge < -0.3 is 15.4 Å². The van der Waals surface area contributed by atoms with Crippen molar-refractivity contribution in [3.8, 4) is 0 Å². The van der Waals surface area contributed by atoms with Crippen molar-refractivity contribution in [2.75, 3.05) is 5.32 Å². The van der Waals surface area contributed by atoms with Gasteiger partial charge in [-0.15, -0.1) is 0 Å². The lowest BCUT2D eigenvalue weighted by Crippen LogP contribution is -2.15. The van der Waals surface area contributed by atoms with Crippen LogP contribution >= 0.6 is 11.6 Å². The predicted molar refractivity (Wildman–Crippen MR) is 94.9 cm³/mol. The van der Waals surface area contributed by atoms with Crippen LogP contribution in [0.5, 0.6) is 0 Å². The maximum Gasteiger partial charge on any atom is 0.389 e. The summed E-state index contributed by atoms with van der Waals surface area (Å²) in [6, 6.07) is 7.33. The van der Waals surface area contributed by atoms with Gasteiger partial charge in [0.25, 0.3) is 0 Å². The summed E-state index contributed by atoms with van der Waals surface area (Å²) in [4.78, 5) is 22.0. The number of carbonyl (C=O) groups excluding carboxylic acids is 1. The average molecular weight is 393 g/mol. The van der Waals surface area contributed by atoms with E-state index in [0.29, 0.717) is 12.1 Å². The first-order valence-corrected chi connectivity index (χ1v) is 8.23. The summed E-state index contributed by atoms with van der Waals surface area (Å²) in [6.45, 7) is 0.464. The Balaban J connectivity index is 1.57. The number of anilines is 1. The van der Waals surface area contributed by atoms with Crippen molar-refractivity contribution in [3.05, 3.63) is 69.2 Å². The number of amides is 1. The minimum atomic E-state index is -0.610. The molecule has 0 atom stereocenters. The highest BCUT2D eigenvalue weighted by molar-refractivity contribution is 6.33. The van der Waals surface area contributed by atoms with Crippen LogP contribution in [0.1, 0.15) is 12.0 Å². The summed E-state index contributed by atoms with van der Waals surface area (Å²) < 4.78 is 16.0. The number of hydrogen-bond donors (Lipinski definition) is 1. The molecule has 9 nitrogen and oxygen atoms in total. The Morgan fingerprint density at radius 1 is 1.30 bits per heavy atom. The maximum absolute atomic E-state index is 13.2. The molecular formula is C16H14ClFN6O3. The van der Waals surface area contributed by atoms with Crippen molar-refractivity contribution < 1.29 is 14.1 Å². The fourth-order valence-electron chi connectivity index (χ4n) is 2.37. The molecule has 0 saturated heterocycles. The van der Waals surface area contributed by atoms with Crippen LogP contribution in [0.15, 0.2) is 42.7 Å². The Morgan fingerprint density at radius 2 is 2.11 bits per heavy atom. The summed E-state index contributed by atoms with van der Waals surface area (Å²) in [5.41, 5.74) is 0.701. The molecule has 0 aliphatic rings. The molecule has 0 fully saturated rings. The van der Waals surface area contributed by atoms with Gasteiger partial charge in [-0.05, 0) is 22.6 Å². The summed E-state index contributed by atoms with van der Waals surface area (Å²) >= 11 is 6.08. The van der Waals surface area contributed by atoms with E-state index in [2.05, 4.69) is 15.5 Å². The number of aromatic nitrogens is 4. The molecule has 27 heavy (non-hydrogen) atoms. The van der Waals surface area contributed by atoms with E-state index in [1.165, 1.54) is 40.0 Å². The number of halogens is 2. The van der Waals surface area contributed by atoms with Gasteiger partial charge in [0.15, 0.2) is 5.82 Å². The maximum atomic E-state index is 13.2. The molecule has 0 radical (unpaired) electrons. The molecule has 2 heterocycles. The van der Waals surface area contributed by atoms with Crippen LogP contribution in [0.4, 0.5) is 16.0 Å². The fraction of sp³-hybridized carbons (Fsp3) is 0.188. The average Bonchev–Trinajstić information content (AvgIpc) is 3.20. The minimum Gasteiger partial charge on any atom is -0.358 e. The second kappa shape index (κ2) is 7.96. The van der Waals surface area contributed by atoms with Crippen LogP contribution in [-0.4, -0.2) is 30.4 Å². The van der Waals surface area contributed by atoms with E-state index in [-0.39, 0.29) is 41.3 Å². The number of nitro groups is 1. The van der Waals surface area contributed by atoms with Crippen molar-refractivity contribution in [2.24, 2.45) is 0 Å². The van der Waals surface area contributed by atoms with E-state index in [1.54, 1.807) is 12.1 Å². The van der Waals surface area contributed by atoms with E-state index in [9.17, 15) is 19.3 Å². The van der Waals surface area contributed by atoms with Gasteiger partial charge in [-0.2, -0.15) is 9.78 Å². The Kier molecular flexibility index (Phi) is 5.46. The van der Waals surface area contributed by atoms with Crippen molar-refractivity contribution in [2.45, 2.75) is 19.5 Å². The second-order valence-corrected chi connectivity index (χ2v) is 6.05. The first kappa shape index (κ1) is 18.5. The lowest BCUT2D eigenvalue weighted by atomic mass is 10.2. The third-order valence-electron chi connectivity index (χ3n) is 3.59. The largest absolute Gasteiger partial charge is 0.389 e. The third-order valence-corrected chi connectivity index (χ3v) is 3.87. The van der Waals surface area contributed by atoms with Gasteiger partial charge >= 0.3 is 5.82 Å². The summed E-state index contributed by atoms with van der Waals surface area (Å²) in [7, 11) is 0. The topological polar surface area (TPSA) is 108 Å². The highest BCUT2D eigenvalue weighted by Crippen LogP contribution is 2.20. The van der Waals surface area contributed by atoms with Crippen LogP contribution in [0.3, 0.4) is 0 Å². The zero-order valence-corrected chi connectivity index (χ0v) is 14.6. The van der Waals surface area contributed by atoms with Crippen molar-refractivity contribution in [3.63, 3.8) is 0 Å². The number of rotatable bonds is 7. The van der Waals surface area contributed by atoms with Gasteiger partial charge in [-0.3, -0.25) is 9.48 Å². The van der Waals surface area contributed by atoms with E-state index in [4.69, 9.17) is 11.6 Å². The quantitative estimate of drug-likeness (QED) is 0.491. The van der Waals surface area contributed by atoms with Gasteiger partial charge in [0.05, 0.1) is 30.5 Å². The number of benzene rings is 1. The smallest absolute Gasteiger partial charge is 0.358 e. The Hall–Kier alpha value is -3.27. The number of hydrogen-bond acceptors (Lipinski definition) is 5. The number of nitrogens with zero attached hydrogens (tertiary/aromatic N) is 5. The summed E-state index contributed by atoms with van der Waals surface area (Å²) in [5.74, 6) is -0.816. The molecule has 3 rings (SSSR count). The van der Waals surface area contributed by atoms with Crippen LogP contribution in [0, 0.1) is 15.9 Å². The molecule has 0 aliphatic carbocycles. The number of aryl methyl sites for hydroxylation is 1. The van der Waals surface area contributed by atoms with E-state index >= 15 is 0 Å². The Labute approximate surface area is 157 Å². The van der Waals surface area contributed by atoms with Crippen LogP contribution in [-0.2, 0) is 17.9 Å². The van der Waals surface area contributed by atoms with E-state index in [1.807, 2.05) is 0 Å². The normalized spacial score (nSPS) is 10.7. The first-order chi connectivity index (χ1) is 12.9. The SMILES string of the molecule is O=C(CCn1ccc([N+](=O)[O-])n1)Nc1nn(Cc2cccc(F)c2)cc1Cl. The molecule has 0 unspecified atom stereocenters. The van der Waals surface area contributed by atoms with E-state index < -0.39 is 4.92 Å². The lowest BCUT2D eigenvalue weighted by molar-refractivity contribution is -0.389. The molecule has 1 amide bonds. The van der Waals surface area contributed by atoms with E-state index in [0.717, 1.165) is 0 Å². The van der Waals surface area contributed by atoms with Crippen LogP contribution in [0.25, 0.3) is 0 Å². The van der Waals surface area contributed by atoms with Gasteiger partial charge in [0.2, 0.25) is 5.91 Å². The second-order valence-electron chi connectivity index (χ2n) is 5.65. The van der Waals surface area contributed by atoms with Crippen molar-refractivity contribution >= 4 is 29.1 Å². The fourth-order valence-corrected chi connectivity index (χ4v) is 2.57. The Bertz CT molecular complexity index is 986. The highest BCUT2D eigenvalue weighted by Gasteiger charge is 2.14. The molecule has 0 bridgehead atoms. The first-order valence-electron chi connectivity index (χ1n) is 7.86. The predicted octanol–water partition coefficient (Wildman–Crippen LogP) is 2.86. The van der Waals surface area contributed by atoms with Gasteiger partial charge in [-0.25, -0.2) is 4.39 Å². The molecule has 2 aromatic heterocycles.